The molecule has 0 spiro atoms. The van der Waals surface area contributed by atoms with E-state index >= 15 is 0 Å². The van der Waals surface area contributed by atoms with Gasteiger partial charge in [-0.3, -0.25) is 14.4 Å². The normalized spacial score (nSPS) is 11.8. The molecule has 2 atom stereocenters. The van der Waals surface area contributed by atoms with E-state index in [0.717, 1.165) is 5.56 Å². The van der Waals surface area contributed by atoms with Crippen LogP contribution in [0.15, 0.2) is 54.6 Å². The highest BCUT2D eigenvalue weighted by atomic mass is 19.2. The number of hydrogen-bond donors (Lipinski definition) is 5. The van der Waals surface area contributed by atoms with Gasteiger partial charge in [-0.2, -0.15) is 8.78 Å². The van der Waals surface area contributed by atoms with E-state index in [0.29, 0.717) is 156 Å². The standard InChI is InChI=1S/C37H50F4N2O12.C34H58N2O14.CH4/c1-36(2,3)54-30(45)23-52-25-9-7-24(8-10-25)21-28(34(46)53-33-31(40)26(38)22-27(39)32(33)41)43-29(44)11-13-48-15-17-50-19-20-51-18-16-49-14-12-42-35(47)55-37(4,5)6;1-41-13-14-45-21-22-49-26-23-46-18-15-42-10-2-3-32(37)31(27-29-4-6-30(7-5-29)50-28-34(39)40)36-33(38)8-11-43-16-19-47-24-25-48-20-17-44-12-9-35;/h7-10,22,28H,11-21,23H2,1-6H3,(H,42,47)(H,43,44);4-7,31H,2-3,8-28,35H2,1H3,(H,36,38)(H,39,40);1H4. The topological polar surface area (TPSA) is 368 Å². The van der Waals surface area contributed by atoms with Crippen molar-refractivity contribution in [3.63, 3.8) is 0 Å². The van der Waals surface area contributed by atoms with Crippen molar-refractivity contribution >= 4 is 41.6 Å². The number of amides is 3. The number of halogens is 4. The summed E-state index contributed by atoms with van der Waals surface area (Å²) in [5.74, 6) is -12.6. The number of carbonyl (C=O) groups excluding carboxylic acids is 6. The molecule has 0 aliphatic carbocycles. The summed E-state index contributed by atoms with van der Waals surface area (Å²) in [6, 6.07) is 10.3. The van der Waals surface area contributed by atoms with Crippen LogP contribution in [0.4, 0.5) is 22.4 Å². The molecule has 106 heavy (non-hydrogen) atoms. The van der Waals surface area contributed by atoms with E-state index in [4.69, 9.17) is 96.1 Å². The number of Topliss-reactive ketones (excluding diaryl/α,β-unsaturated/α-hetero) is 1. The summed E-state index contributed by atoms with van der Waals surface area (Å²) in [6.07, 6.45) is -0.00519. The van der Waals surface area contributed by atoms with E-state index < -0.39 is 88.8 Å². The third kappa shape index (κ3) is 51.9. The summed E-state index contributed by atoms with van der Waals surface area (Å²) in [5.41, 5.74) is 5.25. The molecule has 0 aromatic heterocycles. The molecule has 0 saturated carbocycles. The van der Waals surface area contributed by atoms with Gasteiger partial charge in [0.2, 0.25) is 29.2 Å². The Labute approximate surface area is 618 Å². The van der Waals surface area contributed by atoms with Gasteiger partial charge in [-0.05, 0) is 89.8 Å². The average molecular weight is 1530 g/mol. The highest BCUT2D eigenvalue weighted by Crippen LogP contribution is 2.27. The van der Waals surface area contributed by atoms with Gasteiger partial charge in [0, 0.05) is 58.6 Å². The predicted octanol–water partition coefficient (Wildman–Crippen LogP) is 5.87. The molecule has 0 fully saturated rings. The molecule has 34 heteroatoms. The summed E-state index contributed by atoms with van der Waals surface area (Å²) in [5, 5.41) is 16.6. The first-order valence-corrected chi connectivity index (χ1v) is 34.4. The Morgan fingerprint density at radius 2 is 0.830 bits per heavy atom. The minimum atomic E-state index is -1.93. The molecule has 6 N–H and O–H groups in total. The van der Waals surface area contributed by atoms with Crippen LogP contribution in [0.5, 0.6) is 17.2 Å². The molecular weight excluding hydrogens is 1410 g/mol. The van der Waals surface area contributed by atoms with Gasteiger partial charge in [0.05, 0.1) is 165 Å². The fourth-order valence-electron chi connectivity index (χ4n) is 8.26. The number of ketones is 1. The Morgan fingerprint density at radius 1 is 0.462 bits per heavy atom. The van der Waals surface area contributed by atoms with E-state index in [1.807, 2.05) is 0 Å². The number of carboxylic acid groups (broad SMARTS) is 1. The molecule has 30 nitrogen and oxygen atoms in total. The third-order valence-electron chi connectivity index (χ3n) is 13.1. The first-order valence-electron chi connectivity index (χ1n) is 34.4. The molecule has 0 saturated heterocycles. The molecule has 604 valence electrons. The fourth-order valence-corrected chi connectivity index (χ4v) is 8.26. The summed E-state index contributed by atoms with van der Waals surface area (Å²) < 4.78 is 151. The van der Waals surface area contributed by atoms with Gasteiger partial charge in [-0.15, -0.1) is 0 Å². The van der Waals surface area contributed by atoms with Crippen molar-refractivity contribution in [1.82, 2.24) is 16.0 Å². The minimum absolute atomic E-state index is 0. The molecule has 3 amide bonds. The number of alkyl carbamates (subject to hydrolysis) is 1. The van der Waals surface area contributed by atoms with Gasteiger partial charge >= 0.3 is 24.0 Å². The third-order valence-corrected chi connectivity index (χ3v) is 13.1. The number of carboxylic acids is 1. The van der Waals surface area contributed by atoms with Gasteiger partial charge < -0.3 is 112 Å². The van der Waals surface area contributed by atoms with Gasteiger partial charge in [0.25, 0.3) is 0 Å². The van der Waals surface area contributed by atoms with Crippen molar-refractivity contribution in [2.24, 2.45) is 5.73 Å². The highest BCUT2D eigenvalue weighted by molar-refractivity contribution is 5.89. The summed E-state index contributed by atoms with van der Waals surface area (Å²) in [7, 11) is 1.62. The Bertz CT molecular complexity index is 2850. The molecule has 3 aromatic rings. The number of methoxy groups -OCH3 is 1. The largest absolute Gasteiger partial charge is 0.482 e. The number of nitrogens with two attached hydrogens (primary N) is 1. The van der Waals surface area contributed by atoms with Gasteiger partial charge in [0.1, 0.15) is 28.7 Å². The van der Waals surface area contributed by atoms with Crippen LogP contribution in [-0.2, 0) is 113 Å². The first-order chi connectivity index (χ1) is 50.3. The second-order valence-corrected chi connectivity index (χ2v) is 24.3. The number of ether oxygens (including phenoxy) is 18. The van der Waals surface area contributed by atoms with Crippen LogP contribution < -0.4 is 35.9 Å². The maximum absolute atomic E-state index is 14.3. The fraction of sp³-hybridized carbons (Fsp3) is 0.653. The number of nitrogens with one attached hydrogen (secondary N) is 3. The first kappa shape index (κ1) is 96.7. The molecule has 0 aliphatic heterocycles. The number of rotatable bonds is 60. The van der Waals surface area contributed by atoms with E-state index in [1.165, 1.54) is 24.3 Å². The second-order valence-electron chi connectivity index (χ2n) is 24.3. The molecule has 0 aliphatic rings. The van der Waals surface area contributed by atoms with Crippen LogP contribution >= 0.6 is 0 Å². The molecule has 0 radical (unpaired) electrons. The number of esters is 2. The lowest BCUT2D eigenvalue weighted by Crippen LogP contribution is -2.45. The number of benzene rings is 3. The SMILES string of the molecule is C.CC(C)(C)OC(=O)COc1ccc(CC(NC(=O)CCOCCOCCOCCOCCNC(=O)OC(C)(C)C)C(=O)Oc2c(F)c(F)cc(F)c2F)cc1.COCCOCCOCCOCCOCCCC(=O)C(Cc1ccc(OCC(=O)O)cc1)NC(=O)CCOCCOCCOCCOCCN. The van der Waals surface area contributed by atoms with E-state index in [1.54, 1.807) is 72.9 Å². The average Bonchev–Trinajstić information content (AvgIpc) is 0.811. The van der Waals surface area contributed by atoms with Crippen LogP contribution in [-0.4, -0.2) is 269 Å². The molecule has 0 bridgehead atoms. The minimum Gasteiger partial charge on any atom is -0.482 e. The Hall–Kier alpha value is -7.29. The molecule has 0 heterocycles. The maximum Gasteiger partial charge on any atom is 0.407 e. The monoisotopic (exact) mass is 1520 g/mol. The Balaban J connectivity index is 0.00000106. The van der Waals surface area contributed by atoms with Crippen LogP contribution in [0.2, 0.25) is 0 Å². The van der Waals surface area contributed by atoms with Crippen LogP contribution in [0.1, 0.15) is 85.8 Å². The number of aliphatic carboxylic acids is 1. The summed E-state index contributed by atoms with van der Waals surface area (Å²) >= 11 is 0. The van der Waals surface area contributed by atoms with Crippen molar-refractivity contribution in [2.75, 3.05) is 199 Å². The number of hydrogen-bond acceptors (Lipinski definition) is 26. The Morgan fingerprint density at radius 3 is 1.24 bits per heavy atom. The van der Waals surface area contributed by atoms with Crippen molar-refractivity contribution in [2.45, 2.75) is 111 Å². The Kier molecular flexibility index (Phi) is 54.5. The summed E-state index contributed by atoms with van der Waals surface area (Å²) in [4.78, 5) is 85.9. The lowest BCUT2D eigenvalue weighted by Gasteiger charge is -2.20. The van der Waals surface area contributed by atoms with Crippen LogP contribution in [0.3, 0.4) is 0 Å². The predicted molar refractivity (Wildman–Crippen MR) is 376 cm³/mol. The molecule has 3 rings (SSSR count). The molecule has 3 aromatic carbocycles. The van der Waals surface area contributed by atoms with Crippen molar-refractivity contribution < 1.29 is 141 Å². The zero-order valence-corrected chi connectivity index (χ0v) is 61.3. The maximum atomic E-state index is 14.3. The van der Waals surface area contributed by atoms with Gasteiger partial charge in [-0.1, -0.05) is 31.7 Å². The van der Waals surface area contributed by atoms with Gasteiger partial charge in [-0.25, -0.2) is 28.0 Å². The zero-order chi connectivity index (χ0) is 77.4. The van der Waals surface area contributed by atoms with Crippen LogP contribution in [0, 0.1) is 23.3 Å². The van der Waals surface area contributed by atoms with E-state index in [2.05, 4.69) is 16.0 Å². The van der Waals surface area contributed by atoms with E-state index in [9.17, 15) is 51.1 Å². The smallest absolute Gasteiger partial charge is 0.407 e. The summed E-state index contributed by atoms with van der Waals surface area (Å²) in [6.45, 7) is 19.3. The van der Waals surface area contributed by atoms with E-state index in [-0.39, 0.29) is 109 Å². The second kappa shape index (κ2) is 59.7. The lowest BCUT2D eigenvalue weighted by atomic mass is 9.99. The molecular formula is C72H112F4N4O26. The van der Waals surface area contributed by atoms with Gasteiger partial charge in [0.15, 0.2) is 30.6 Å². The van der Waals surface area contributed by atoms with Crippen molar-refractivity contribution in [3.8, 4) is 17.2 Å². The lowest BCUT2D eigenvalue weighted by molar-refractivity contribution is -0.157. The highest BCUT2D eigenvalue weighted by Gasteiger charge is 2.29. The zero-order valence-electron chi connectivity index (χ0n) is 61.3. The van der Waals surface area contributed by atoms with Crippen LogP contribution in [0.25, 0.3) is 0 Å². The quantitative estimate of drug-likeness (QED) is 0.0145. The van der Waals surface area contributed by atoms with Crippen molar-refractivity contribution in [1.29, 1.82) is 0 Å². The number of carbonyl (C=O) groups is 7. The molecule has 2 unspecified atom stereocenters. The van der Waals surface area contributed by atoms with Crippen molar-refractivity contribution in [3.05, 3.63) is 89.0 Å².